The van der Waals surface area contributed by atoms with Crippen molar-refractivity contribution in [1.82, 2.24) is 9.62 Å². The molecule has 1 aliphatic rings. The summed E-state index contributed by atoms with van der Waals surface area (Å²) in [6, 6.07) is -2.57. The van der Waals surface area contributed by atoms with Gasteiger partial charge in [0.1, 0.15) is 11.6 Å². The molecule has 2 atom stereocenters. The van der Waals surface area contributed by atoms with Crippen LogP contribution in [-0.2, 0) is 24.6 Å². The molecule has 0 unspecified atom stereocenters. The van der Waals surface area contributed by atoms with Gasteiger partial charge >= 0.3 is 46.0 Å². The normalized spacial score (nSPS) is 21.4. The summed E-state index contributed by atoms with van der Waals surface area (Å²) in [6.45, 7) is 4.80. The summed E-state index contributed by atoms with van der Waals surface area (Å²) < 4.78 is 36.2. The third kappa shape index (κ3) is 6.11. The molecule has 12 heteroatoms. The van der Waals surface area contributed by atoms with E-state index in [4.69, 9.17) is 15.0 Å². The van der Waals surface area contributed by atoms with Crippen LogP contribution in [0.15, 0.2) is 12.2 Å². The number of ether oxygens (including phenoxy) is 1. The molecule has 1 aliphatic heterocycles. The van der Waals surface area contributed by atoms with E-state index in [2.05, 4.69) is 5.32 Å². The van der Waals surface area contributed by atoms with Crippen LogP contribution in [0.25, 0.3) is 0 Å². The van der Waals surface area contributed by atoms with E-state index in [9.17, 15) is 22.8 Å². The minimum absolute atomic E-state index is 0. The first-order valence-corrected chi connectivity index (χ1v) is 7.50. The summed E-state index contributed by atoms with van der Waals surface area (Å²) in [5.41, 5.74) is 4.06. The molecule has 0 aromatic carbocycles. The molecule has 0 radical (unpaired) electrons. The van der Waals surface area contributed by atoms with Crippen LogP contribution in [0.1, 0.15) is 20.8 Å². The molecule has 126 valence electrons. The number of hydrogen-bond acceptors (Lipinski definition) is 6. The van der Waals surface area contributed by atoms with Gasteiger partial charge in [-0.25, -0.2) is 9.10 Å². The Kier molecular flexibility index (Phi) is 7.24. The number of carbonyl (C=O) groups is 3. The number of rotatable bonds is 4. The van der Waals surface area contributed by atoms with Crippen LogP contribution >= 0.6 is 0 Å². The molecule has 1 saturated heterocycles. The summed E-state index contributed by atoms with van der Waals surface area (Å²) in [7, 11) is -4.83. The number of β-lactam (4-membered cyclic amide) rings is 1. The predicted octanol–water partition coefficient (Wildman–Crippen LogP) is -1.71. The van der Waals surface area contributed by atoms with Crippen LogP contribution in [0.2, 0.25) is 0 Å². The molecule has 1 fully saturated rings. The Morgan fingerprint density at radius 1 is 1.39 bits per heavy atom. The molecular formula is C11H18N3NaO7S. The quantitative estimate of drug-likeness (QED) is 0.233. The first-order chi connectivity index (χ1) is 9.83. The van der Waals surface area contributed by atoms with Crippen LogP contribution in [0, 0.1) is 0 Å². The maximum absolute atomic E-state index is 11.7. The zero-order valence-electron chi connectivity index (χ0n) is 12.1. The molecule has 0 aromatic heterocycles. The van der Waals surface area contributed by atoms with Crippen LogP contribution in [-0.4, -0.2) is 82.4 Å². The van der Waals surface area contributed by atoms with E-state index in [1.807, 2.05) is 0 Å². The van der Waals surface area contributed by atoms with Gasteiger partial charge in [-0.2, -0.15) is 8.42 Å². The maximum atomic E-state index is 11.7. The van der Waals surface area contributed by atoms with Gasteiger partial charge in [-0.05, 0) is 20.8 Å². The predicted molar refractivity (Wildman–Crippen MR) is 80.8 cm³/mol. The molecule has 0 aromatic rings. The fourth-order valence-electron chi connectivity index (χ4n) is 1.72. The molecule has 0 spiro atoms. The summed E-state index contributed by atoms with van der Waals surface area (Å²) in [6.07, 6.45) is 0.858. The van der Waals surface area contributed by atoms with E-state index < -0.39 is 45.9 Å². The van der Waals surface area contributed by atoms with E-state index >= 15 is 0 Å². The minimum atomic E-state index is -4.83. The number of primary amides is 1. The second-order valence-corrected chi connectivity index (χ2v) is 6.78. The Morgan fingerprint density at radius 2 is 1.91 bits per heavy atom. The van der Waals surface area contributed by atoms with Gasteiger partial charge in [0.2, 0.25) is 5.91 Å². The summed E-state index contributed by atoms with van der Waals surface area (Å²) in [5.74, 6) is -1.95. The van der Waals surface area contributed by atoms with Crippen LogP contribution in [0.5, 0.6) is 0 Å². The fraction of sp³-hybridized carbons (Fsp3) is 0.545. The molecule has 3 amide bonds. The molecule has 0 aliphatic carbocycles. The SMILES string of the molecule is CC(C)(C)OC(=O)N[C@H]1C(=O)N(S(=O)(=O)O)[C@@H]1C=CC(N)=O.[NaH]. The third-order valence-corrected chi connectivity index (χ3v) is 3.39. The van der Waals surface area contributed by atoms with Crippen molar-refractivity contribution in [3.8, 4) is 0 Å². The van der Waals surface area contributed by atoms with Crippen molar-refractivity contribution in [3.05, 3.63) is 12.2 Å². The first-order valence-electron chi connectivity index (χ1n) is 6.11. The van der Waals surface area contributed by atoms with Crippen molar-refractivity contribution in [2.24, 2.45) is 5.73 Å². The van der Waals surface area contributed by atoms with Crippen LogP contribution in [0.4, 0.5) is 4.79 Å². The van der Waals surface area contributed by atoms with Crippen molar-refractivity contribution in [1.29, 1.82) is 0 Å². The van der Waals surface area contributed by atoms with E-state index in [0.29, 0.717) is 0 Å². The molecular weight excluding hydrogens is 341 g/mol. The van der Waals surface area contributed by atoms with Gasteiger partial charge in [-0.15, -0.1) is 0 Å². The molecule has 0 saturated carbocycles. The van der Waals surface area contributed by atoms with Crippen LogP contribution < -0.4 is 11.1 Å². The number of carbonyl (C=O) groups excluding carboxylic acids is 3. The Balaban J connectivity index is 0.00000484. The van der Waals surface area contributed by atoms with Gasteiger partial charge in [0.05, 0.1) is 6.04 Å². The van der Waals surface area contributed by atoms with E-state index in [1.54, 1.807) is 20.8 Å². The van der Waals surface area contributed by atoms with Gasteiger partial charge in [-0.3, -0.25) is 14.1 Å². The second-order valence-electron chi connectivity index (χ2n) is 5.49. The Morgan fingerprint density at radius 3 is 2.30 bits per heavy atom. The average molecular weight is 359 g/mol. The van der Waals surface area contributed by atoms with Crippen molar-refractivity contribution in [3.63, 3.8) is 0 Å². The van der Waals surface area contributed by atoms with E-state index in [-0.39, 0.29) is 33.9 Å². The van der Waals surface area contributed by atoms with Crippen molar-refractivity contribution < 1.29 is 32.1 Å². The fourth-order valence-corrected chi connectivity index (χ4v) is 2.56. The number of nitrogens with zero attached hydrogens (tertiary/aromatic N) is 1. The first kappa shape index (κ1) is 21.9. The van der Waals surface area contributed by atoms with Gasteiger partial charge < -0.3 is 15.8 Å². The zero-order chi connectivity index (χ0) is 17.3. The van der Waals surface area contributed by atoms with Crippen molar-refractivity contribution in [2.75, 3.05) is 0 Å². The van der Waals surface area contributed by atoms with E-state index in [0.717, 1.165) is 12.2 Å². The molecule has 10 nitrogen and oxygen atoms in total. The zero-order valence-corrected chi connectivity index (χ0v) is 13.0. The number of amides is 3. The molecule has 4 N–H and O–H groups in total. The number of nitrogens with one attached hydrogen (secondary N) is 1. The Hall–Kier alpha value is -1.14. The molecule has 1 heterocycles. The summed E-state index contributed by atoms with van der Waals surface area (Å²) >= 11 is 0. The second kappa shape index (κ2) is 7.62. The monoisotopic (exact) mass is 359 g/mol. The van der Waals surface area contributed by atoms with Crippen molar-refractivity contribution >= 4 is 57.8 Å². The topological polar surface area (TPSA) is 156 Å². The Labute approximate surface area is 155 Å². The molecule has 0 bridgehead atoms. The number of hydrogen-bond donors (Lipinski definition) is 3. The van der Waals surface area contributed by atoms with Gasteiger partial charge in [0, 0.05) is 6.08 Å². The molecule has 23 heavy (non-hydrogen) atoms. The van der Waals surface area contributed by atoms with Gasteiger partial charge in [-0.1, -0.05) is 6.08 Å². The summed E-state index contributed by atoms with van der Waals surface area (Å²) in [4.78, 5) is 34.1. The number of nitrogens with two attached hydrogens (primary N) is 1. The van der Waals surface area contributed by atoms with Crippen LogP contribution in [0.3, 0.4) is 0 Å². The Bertz CT molecular complexity index is 626. The summed E-state index contributed by atoms with van der Waals surface area (Å²) in [5, 5.41) is 2.17. The third-order valence-electron chi connectivity index (χ3n) is 2.47. The average Bonchev–Trinajstić information content (AvgIpc) is 2.26. The molecule has 1 rings (SSSR count). The van der Waals surface area contributed by atoms with Crippen molar-refractivity contribution in [2.45, 2.75) is 38.5 Å². The van der Waals surface area contributed by atoms with Gasteiger partial charge in [0.25, 0.3) is 5.91 Å². The number of alkyl carbamates (subject to hydrolysis) is 1. The van der Waals surface area contributed by atoms with Gasteiger partial charge in [0.15, 0.2) is 0 Å². The van der Waals surface area contributed by atoms with E-state index in [1.165, 1.54) is 0 Å². The standard InChI is InChI=1S/C11H17N3O7S.Na.H/c1-11(2,3)21-10(17)13-8-6(4-5-7(12)15)14(9(8)16)22(18,19)20;;/h4-6,8H,1-3H3,(H2,12,15)(H,13,17)(H,18,19,20);;/t6-,8-;;/m1../s1.